The van der Waals surface area contributed by atoms with Crippen LogP contribution in [-0.2, 0) is 9.84 Å². The molecule has 40 heavy (non-hydrogen) atoms. The highest BCUT2D eigenvalue weighted by Gasteiger charge is 2.34. The molecule has 9 heteroatoms. The molecular formula is C31H23BrN4O3S. The monoisotopic (exact) mass is 610 g/mol. The Morgan fingerprint density at radius 3 is 2.12 bits per heavy atom. The number of fused-ring (bicyclic) bond motifs is 2. The first-order chi connectivity index (χ1) is 19.3. The van der Waals surface area contributed by atoms with Gasteiger partial charge in [0.25, 0.3) is 5.91 Å². The number of carbonyl (C=O) groups is 1. The molecule has 1 atom stereocenters. The molecular weight excluding hydrogens is 588 g/mol. The molecule has 2 heterocycles. The summed E-state index contributed by atoms with van der Waals surface area (Å²) in [5.74, 6) is -0.352. The van der Waals surface area contributed by atoms with Gasteiger partial charge in [0.05, 0.1) is 22.0 Å². The van der Waals surface area contributed by atoms with Crippen molar-refractivity contribution >= 4 is 59.7 Å². The second kappa shape index (κ2) is 10.3. The van der Waals surface area contributed by atoms with E-state index in [-0.39, 0.29) is 21.1 Å². The van der Waals surface area contributed by atoms with Crippen molar-refractivity contribution in [2.24, 2.45) is 0 Å². The number of anilines is 1. The molecule has 0 unspecified atom stereocenters. The Labute approximate surface area is 239 Å². The van der Waals surface area contributed by atoms with E-state index in [1.165, 1.54) is 12.1 Å². The van der Waals surface area contributed by atoms with E-state index in [1.54, 1.807) is 47.0 Å². The zero-order chi connectivity index (χ0) is 27.9. The number of sulfone groups is 1. The highest BCUT2D eigenvalue weighted by atomic mass is 79.9. The summed E-state index contributed by atoms with van der Waals surface area (Å²) in [6, 6.07) is 31.6. The number of rotatable bonds is 6. The van der Waals surface area contributed by atoms with Gasteiger partial charge in [0.1, 0.15) is 16.2 Å². The SMILES string of the molecule is C[C@H](c1ccccc1)n1c(NC(=O)c2cccc(Br)c2)c(S(=O)(=O)c2ccccc2)c2nc3ccccc3nc21. The molecule has 2 aromatic heterocycles. The first-order valence-corrected chi connectivity index (χ1v) is 14.8. The molecule has 0 saturated carbocycles. The second-order valence-corrected chi connectivity index (χ2v) is 12.1. The van der Waals surface area contributed by atoms with Gasteiger partial charge in [0.2, 0.25) is 9.84 Å². The van der Waals surface area contributed by atoms with E-state index in [9.17, 15) is 13.2 Å². The first kappa shape index (κ1) is 25.9. The zero-order valence-electron chi connectivity index (χ0n) is 21.3. The summed E-state index contributed by atoms with van der Waals surface area (Å²) >= 11 is 3.41. The number of halogens is 1. The highest BCUT2D eigenvalue weighted by molar-refractivity contribution is 9.10. The number of carbonyl (C=O) groups excluding carboxylic acids is 1. The summed E-state index contributed by atoms with van der Waals surface area (Å²) in [5, 5.41) is 2.94. The number of aromatic nitrogens is 3. The van der Waals surface area contributed by atoms with Crippen LogP contribution in [0.1, 0.15) is 28.9 Å². The van der Waals surface area contributed by atoms with Crippen LogP contribution in [0.4, 0.5) is 5.82 Å². The van der Waals surface area contributed by atoms with Gasteiger partial charge in [-0.3, -0.25) is 4.79 Å². The van der Waals surface area contributed by atoms with E-state index < -0.39 is 21.8 Å². The maximum Gasteiger partial charge on any atom is 0.256 e. The van der Waals surface area contributed by atoms with E-state index in [4.69, 9.17) is 9.97 Å². The maximum absolute atomic E-state index is 14.3. The lowest BCUT2D eigenvalue weighted by atomic mass is 10.1. The Balaban J connectivity index is 1.70. The van der Waals surface area contributed by atoms with Crippen molar-refractivity contribution < 1.29 is 13.2 Å². The van der Waals surface area contributed by atoms with Crippen LogP contribution in [0, 0.1) is 0 Å². The standard InChI is InChI=1S/C31H23BrN4O3S/c1-20(21-11-4-2-5-12-21)36-29-27(33-25-17-8-9-18-26(25)34-29)28(40(38,39)24-15-6-3-7-16-24)30(36)35-31(37)22-13-10-14-23(32)19-22/h2-20H,1H3,(H,35,37)/t20-/m1/s1. The van der Waals surface area contributed by atoms with Crippen LogP contribution in [0.2, 0.25) is 0 Å². The molecule has 6 aromatic rings. The molecule has 4 aromatic carbocycles. The number of nitrogens with zero attached hydrogens (tertiary/aromatic N) is 3. The lowest BCUT2D eigenvalue weighted by Gasteiger charge is -2.20. The van der Waals surface area contributed by atoms with Crippen molar-refractivity contribution in [3.63, 3.8) is 0 Å². The Hall–Kier alpha value is -4.34. The third-order valence-electron chi connectivity index (χ3n) is 6.76. The van der Waals surface area contributed by atoms with Crippen molar-refractivity contribution in [1.82, 2.24) is 14.5 Å². The number of nitrogens with one attached hydrogen (secondary N) is 1. The van der Waals surface area contributed by atoms with Gasteiger partial charge in [-0.2, -0.15) is 0 Å². The van der Waals surface area contributed by atoms with E-state index in [0.717, 1.165) is 10.0 Å². The van der Waals surface area contributed by atoms with Crippen molar-refractivity contribution in [3.05, 3.63) is 125 Å². The number of benzene rings is 4. The average molecular weight is 612 g/mol. The summed E-state index contributed by atoms with van der Waals surface area (Å²) in [4.78, 5) is 23.3. The van der Waals surface area contributed by atoms with Gasteiger partial charge in [-0.05, 0) is 55.0 Å². The minimum atomic E-state index is -4.14. The molecule has 6 rings (SSSR count). The fourth-order valence-corrected chi connectivity index (χ4v) is 6.74. The Bertz CT molecular complexity index is 1990. The van der Waals surface area contributed by atoms with E-state index in [0.29, 0.717) is 22.2 Å². The van der Waals surface area contributed by atoms with E-state index in [2.05, 4.69) is 21.2 Å². The number of para-hydroxylation sites is 2. The molecule has 1 N–H and O–H groups in total. The van der Waals surface area contributed by atoms with Crippen molar-refractivity contribution in [1.29, 1.82) is 0 Å². The number of hydrogen-bond acceptors (Lipinski definition) is 5. The van der Waals surface area contributed by atoms with Gasteiger partial charge >= 0.3 is 0 Å². The van der Waals surface area contributed by atoms with E-state index in [1.807, 2.05) is 61.5 Å². The van der Waals surface area contributed by atoms with Gasteiger partial charge in [0, 0.05) is 10.0 Å². The fraction of sp³-hybridized carbons (Fsp3) is 0.0645. The minimum Gasteiger partial charge on any atom is -0.307 e. The predicted molar refractivity (Wildman–Crippen MR) is 159 cm³/mol. The zero-order valence-corrected chi connectivity index (χ0v) is 23.7. The largest absolute Gasteiger partial charge is 0.307 e. The minimum absolute atomic E-state index is 0.0920. The van der Waals surface area contributed by atoms with Crippen LogP contribution >= 0.6 is 15.9 Å². The van der Waals surface area contributed by atoms with Gasteiger partial charge in [-0.1, -0.05) is 82.7 Å². The van der Waals surface area contributed by atoms with Crippen LogP contribution in [0.15, 0.2) is 123 Å². The van der Waals surface area contributed by atoms with Gasteiger partial charge in [0.15, 0.2) is 5.65 Å². The Morgan fingerprint density at radius 1 is 0.825 bits per heavy atom. The fourth-order valence-electron chi connectivity index (χ4n) is 4.79. The summed E-state index contributed by atoms with van der Waals surface area (Å²) in [6.07, 6.45) is 0. The topological polar surface area (TPSA) is 94.0 Å². The molecule has 0 aliphatic heterocycles. The van der Waals surface area contributed by atoms with Crippen LogP contribution in [0.25, 0.3) is 22.2 Å². The molecule has 1 amide bonds. The molecule has 7 nitrogen and oxygen atoms in total. The summed E-state index contributed by atoms with van der Waals surface area (Å²) in [5.41, 5.74) is 2.99. The van der Waals surface area contributed by atoms with Crippen LogP contribution < -0.4 is 5.32 Å². The molecule has 0 fully saturated rings. The first-order valence-electron chi connectivity index (χ1n) is 12.6. The van der Waals surface area contributed by atoms with E-state index >= 15 is 0 Å². The highest BCUT2D eigenvalue weighted by Crippen LogP contribution is 2.40. The third-order valence-corrected chi connectivity index (χ3v) is 9.07. The molecule has 0 aliphatic carbocycles. The lowest BCUT2D eigenvalue weighted by Crippen LogP contribution is -2.19. The van der Waals surface area contributed by atoms with Crippen molar-refractivity contribution in [3.8, 4) is 0 Å². The Morgan fingerprint density at radius 2 is 1.45 bits per heavy atom. The summed E-state index contributed by atoms with van der Waals surface area (Å²) in [6.45, 7) is 1.94. The van der Waals surface area contributed by atoms with Crippen LogP contribution in [0.5, 0.6) is 0 Å². The Kier molecular flexibility index (Phi) is 6.69. The molecule has 0 bridgehead atoms. The normalized spacial score (nSPS) is 12.4. The molecule has 0 saturated heterocycles. The van der Waals surface area contributed by atoms with Gasteiger partial charge in [-0.15, -0.1) is 0 Å². The molecule has 0 radical (unpaired) electrons. The summed E-state index contributed by atoms with van der Waals surface area (Å²) < 4.78 is 31.1. The predicted octanol–water partition coefficient (Wildman–Crippen LogP) is 7.04. The van der Waals surface area contributed by atoms with Gasteiger partial charge in [-0.25, -0.2) is 18.4 Å². The average Bonchev–Trinajstić information content (AvgIpc) is 3.29. The smallest absolute Gasteiger partial charge is 0.256 e. The van der Waals surface area contributed by atoms with Crippen LogP contribution in [0.3, 0.4) is 0 Å². The van der Waals surface area contributed by atoms with Crippen molar-refractivity contribution in [2.45, 2.75) is 22.8 Å². The quantitative estimate of drug-likeness (QED) is 0.218. The van der Waals surface area contributed by atoms with Crippen LogP contribution in [-0.4, -0.2) is 28.9 Å². The van der Waals surface area contributed by atoms with Gasteiger partial charge < -0.3 is 9.88 Å². The maximum atomic E-state index is 14.3. The summed E-state index contributed by atoms with van der Waals surface area (Å²) in [7, 11) is -4.14. The lowest BCUT2D eigenvalue weighted by molar-refractivity contribution is 0.102. The van der Waals surface area contributed by atoms with Crippen molar-refractivity contribution in [2.75, 3.05) is 5.32 Å². The number of amides is 1. The molecule has 198 valence electrons. The third kappa shape index (κ3) is 4.57. The molecule has 0 spiro atoms. The second-order valence-electron chi connectivity index (χ2n) is 9.30. The molecule has 0 aliphatic rings. The number of hydrogen-bond donors (Lipinski definition) is 1.